The third-order valence-corrected chi connectivity index (χ3v) is 13.5. The quantitative estimate of drug-likeness (QED) is 0.446. The number of hydrogen-bond acceptors (Lipinski definition) is 5. The van der Waals surface area contributed by atoms with E-state index in [4.69, 9.17) is 0 Å². The number of hydrogen-bond donors (Lipinski definition) is 1. The molecule has 0 aliphatic heterocycles. The number of nitriles is 2. The standard InChI is InChI=1S/C33H46N2O3/c1-28(2)11-13-33(25(37)9-15-34)14-12-32(7)26(21(33)18-28)22(36)16-24-30(5)17-20(19-35)27(38)29(3,4)23(30)8-10-31(24,32)6/h17,21,23-26,37H,8-14,16,18H2,1-7H3/t21?,23-,24+,25?,26?,30-,31+,32+,33-/m0/s1. The van der Waals surface area contributed by atoms with Crippen molar-refractivity contribution in [3.63, 3.8) is 0 Å². The number of carbonyl (C=O) groups is 2. The Hall–Kier alpha value is -1.98. The van der Waals surface area contributed by atoms with E-state index in [1.54, 1.807) is 0 Å². The van der Waals surface area contributed by atoms with Gasteiger partial charge in [0.2, 0.25) is 0 Å². The minimum absolute atomic E-state index is 0.0596. The Balaban J connectivity index is 1.64. The molecule has 0 aromatic rings. The predicted octanol–water partition coefficient (Wildman–Crippen LogP) is 6.56. The van der Waals surface area contributed by atoms with Crippen molar-refractivity contribution in [1.82, 2.24) is 0 Å². The smallest absolute Gasteiger partial charge is 0.178 e. The van der Waals surface area contributed by atoms with E-state index in [1.165, 1.54) is 0 Å². The summed E-state index contributed by atoms with van der Waals surface area (Å²) in [4.78, 5) is 27.8. The van der Waals surface area contributed by atoms with Gasteiger partial charge in [-0.3, -0.25) is 9.59 Å². The van der Waals surface area contributed by atoms with Crippen LogP contribution >= 0.6 is 0 Å². The molecule has 0 bridgehead atoms. The molecule has 0 radical (unpaired) electrons. The lowest BCUT2D eigenvalue weighted by atomic mass is 9.31. The Labute approximate surface area is 229 Å². The SMILES string of the molecule is CC1(C)CC[C@]2(C(O)CC#N)CC[C@]3(C)C(C(=O)C[C@@H]4[C@@]5(C)C=C(C#N)C(=O)C(C)(C)[C@@H]5CC[C@]43C)C2C1. The van der Waals surface area contributed by atoms with Crippen molar-refractivity contribution in [2.24, 2.45) is 56.2 Å². The first-order valence-corrected chi connectivity index (χ1v) is 14.8. The molecule has 0 aromatic carbocycles. The molecule has 0 saturated heterocycles. The molecule has 1 N–H and O–H groups in total. The zero-order valence-corrected chi connectivity index (χ0v) is 24.5. The second kappa shape index (κ2) is 8.27. The number of carbonyl (C=O) groups excluding carboxylic acids is 2. The summed E-state index contributed by atoms with van der Waals surface area (Å²) in [6.07, 6.45) is 8.23. The zero-order chi connectivity index (χ0) is 28.1. The maximum absolute atomic E-state index is 14.5. The van der Waals surface area contributed by atoms with Gasteiger partial charge in [0.1, 0.15) is 11.9 Å². The average molecular weight is 519 g/mol. The van der Waals surface area contributed by atoms with E-state index in [-0.39, 0.29) is 63.1 Å². The van der Waals surface area contributed by atoms with Crippen LogP contribution in [0.3, 0.4) is 0 Å². The first-order chi connectivity index (χ1) is 17.5. The van der Waals surface area contributed by atoms with Crippen LogP contribution < -0.4 is 0 Å². The number of aliphatic hydroxyl groups is 1. The van der Waals surface area contributed by atoms with Gasteiger partial charge >= 0.3 is 0 Å². The Morgan fingerprint density at radius 2 is 1.61 bits per heavy atom. The van der Waals surface area contributed by atoms with Gasteiger partial charge in [0.25, 0.3) is 0 Å². The maximum atomic E-state index is 14.5. The molecule has 0 aromatic heterocycles. The van der Waals surface area contributed by atoms with E-state index in [0.29, 0.717) is 12.2 Å². The minimum atomic E-state index is -0.698. The van der Waals surface area contributed by atoms with Crippen LogP contribution in [0.5, 0.6) is 0 Å². The van der Waals surface area contributed by atoms with Gasteiger partial charge in [-0.15, -0.1) is 0 Å². The molecule has 0 spiro atoms. The highest BCUT2D eigenvalue weighted by molar-refractivity contribution is 6.04. The normalized spacial score (nSPS) is 47.7. The molecular formula is C33H46N2O3. The highest BCUT2D eigenvalue weighted by atomic mass is 16.3. The second-order valence-corrected chi connectivity index (χ2v) is 15.8. The van der Waals surface area contributed by atoms with Gasteiger partial charge in [-0.25, -0.2) is 0 Å². The first-order valence-electron chi connectivity index (χ1n) is 14.8. The van der Waals surface area contributed by atoms with Crippen LogP contribution in [0, 0.1) is 78.8 Å². The van der Waals surface area contributed by atoms with Gasteiger partial charge < -0.3 is 5.11 Å². The molecule has 9 atom stereocenters. The summed E-state index contributed by atoms with van der Waals surface area (Å²) in [7, 11) is 0. The third kappa shape index (κ3) is 3.30. The molecule has 38 heavy (non-hydrogen) atoms. The molecular weight excluding hydrogens is 472 g/mol. The monoisotopic (exact) mass is 518 g/mol. The van der Waals surface area contributed by atoms with Gasteiger partial charge in [0, 0.05) is 23.2 Å². The van der Waals surface area contributed by atoms with Crippen molar-refractivity contribution < 1.29 is 14.7 Å². The highest BCUT2D eigenvalue weighted by Crippen LogP contribution is 2.76. The molecule has 0 heterocycles. The summed E-state index contributed by atoms with van der Waals surface area (Å²) in [5.41, 5.74) is -1.41. The van der Waals surface area contributed by atoms with Gasteiger partial charge in [0.05, 0.1) is 24.2 Å². The minimum Gasteiger partial charge on any atom is -0.391 e. The summed E-state index contributed by atoms with van der Waals surface area (Å²) in [5, 5.41) is 30.8. The second-order valence-electron chi connectivity index (χ2n) is 15.8. The van der Waals surface area contributed by atoms with Crippen molar-refractivity contribution >= 4 is 11.6 Å². The van der Waals surface area contributed by atoms with Crippen LogP contribution in [-0.4, -0.2) is 22.8 Å². The van der Waals surface area contributed by atoms with Crippen molar-refractivity contribution in [3.8, 4) is 12.1 Å². The lowest BCUT2D eigenvalue weighted by Gasteiger charge is -2.72. The summed E-state index contributed by atoms with van der Waals surface area (Å²) >= 11 is 0. The molecule has 5 nitrogen and oxygen atoms in total. The van der Waals surface area contributed by atoms with Crippen molar-refractivity contribution in [3.05, 3.63) is 11.6 Å². The highest BCUT2D eigenvalue weighted by Gasteiger charge is 2.72. The molecule has 5 aliphatic carbocycles. The van der Waals surface area contributed by atoms with Crippen molar-refractivity contribution in [2.75, 3.05) is 0 Å². The Kier molecular flexibility index (Phi) is 6.00. The van der Waals surface area contributed by atoms with E-state index >= 15 is 0 Å². The van der Waals surface area contributed by atoms with Gasteiger partial charge in [-0.1, -0.05) is 54.5 Å². The van der Waals surface area contributed by atoms with Gasteiger partial charge in [-0.2, -0.15) is 10.5 Å². The molecule has 206 valence electrons. The van der Waals surface area contributed by atoms with Crippen molar-refractivity contribution in [1.29, 1.82) is 10.5 Å². The van der Waals surface area contributed by atoms with Crippen LogP contribution in [0.15, 0.2) is 11.6 Å². The Bertz CT molecular complexity index is 1190. The predicted molar refractivity (Wildman–Crippen MR) is 145 cm³/mol. The first kappa shape index (κ1) is 27.6. The maximum Gasteiger partial charge on any atom is 0.178 e. The summed E-state index contributed by atoms with van der Waals surface area (Å²) in [6, 6.07) is 4.42. The molecule has 5 heteroatoms. The lowest BCUT2D eigenvalue weighted by molar-refractivity contribution is -0.234. The average Bonchev–Trinajstić information content (AvgIpc) is 2.82. The van der Waals surface area contributed by atoms with Crippen LogP contribution in [-0.2, 0) is 9.59 Å². The topological polar surface area (TPSA) is 102 Å². The third-order valence-electron chi connectivity index (χ3n) is 13.5. The van der Waals surface area contributed by atoms with Crippen molar-refractivity contribution in [2.45, 2.75) is 112 Å². The van der Waals surface area contributed by atoms with E-state index < -0.39 is 16.9 Å². The summed E-state index contributed by atoms with van der Waals surface area (Å²) in [5.74, 6) is 0.331. The Morgan fingerprint density at radius 3 is 2.24 bits per heavy atom. The Morgan fingerprint density at radius 1 is 0.947 bits per heavy atom. The summed E-state index contributed by atoms with van der Waals surface area (Å²) in [6.45, 7) is 15.5. The fourth-order valence-electron chi connectivity index (χ4n) is 11.2. The van der Waals surface area contributed by atoms with Crippen LogP contribution in [0.4, 0.5) is 0 Å². The largest absolute Gasteiger partial charge is 0.391 e. The van der Waals surface area contributed by atoms with Crippen LogP contribution in [0.1, 0.15) is 106 Å². The van der Waals surface area contributed by atoms with E-state index in [2.05, 4.69) is 46.8 Å². The van der Waals surface area contributed by atoms with Crippen LogP contribution in [0.25, 0.3) is 0 Å². The van der Waals surface area contributed by atoms with Crippen LogP contribution in [0.2, 0.25) is 0 Å². The number of nitrogens with zero attached hydrogens (tertiary/aromatic N) is 2. The van der Waals surface area contributed by atoms with Gasteiger partial charge in [0.15, 0.2) is 5.78 Å². The molecule has 3 unspecified atom stereocenters. The van der Waals surface area contributed by atoms with E-state index in [1.807, 2.05) is 19.9 Å². The number of allylic oxidation sites excluding steroid dienone is 2. The lowest BCUT2D eigenvalue weighted by Crippen LogP contribution is -2.69. The number of Topliss-reactive ketones (excluding diaryl/α,β-unsaturated/α-hetero) is 2. The molecule has 5 aliphatic rings. The van der Waals surface area contributed by atoms with E-state index in [0.717, 1.165) is 44.9 Å². The molecule has 4 saturated carbocycles. The number of rotatable bonds is 2. The van der Waals surface area contributed by atoms with Gasteiger partial charge in [-0.05, 0) is 84.4 Å². The zero-order valence-electron chi connectivity index (χ0n) is 24.5. The number of ketones is 2. The fourth-order valence-corrected chi connectivity index (χ4v) is 11.2. The number of fused-ring (bicyclic) bond motifs is 7. The number of aliphatic hydroxyl groups excluding tert-OH is 1. The van der Waals surface area contributed by atoms with E-state index in [9.17, 15) is 25.2 Å². The molecule has 0 amide bonds. The molecule has 4 fully saturated rings. The molecule has 5 rings (SSSR count). The fraction of sp³-hybridized carbons (Fsp3) is 0.818. The summed E-state index contributed by atoms with van der Waals surface area (Å²) < 4.78 is 0.